The predicted octanol–water partition coefficient (Wildman–Crippen LogP) is 4.82. The van der Waals surface area contributed by atoms with Crippen LogP contribution in [0, 0.1) is 11.3 Å². The molecule has 0 N–H and O–H groups in total. The minimum absolute atomic E-state index is 0.218. The van der Waals surface area contributed by atoms with E-state index in [2.05, 4.69) is 0 Å². The van der Waals surface area contributed by atoms with E-state index in [1.165, 1.54) is 30.3 Å². The van der Waals surface area contributed by atoms with Crippen LogP contribution in [-0.4, -0.2) is 23.5 Å². The standard InChI is InChI=1S/C19H14ClF3N2O/c20-17-3-1-2-14(10-17)8-9-18(26)25(13-19(21,22)23)12-16-6-4-15(11-24)5-7-16/h1-10H,12-13H2/b9-8+. The average molecular weight is 379 g/mol. The first-order chi connectivity index (χ1) is 12.3. The Morgan fingerprint density at radius 2 is 1.88 bits per heavy atom. The molecule has 3 nitrogen and oxygen atoms in total. The molecule has 0 bridgehead atoms. The second-order valence-corrected chi connectivity index (χ2v) is 5.94. The van der Waals surface area contributed by atoms with Crippen molar-refractivity contribution in [2.75, 3.05) is 6.54 Å². The zero-order valence-corrected chi connectivity index (χ0v) is 14.3. The van der Waals surface area contributed by atoms with Gasteiger partial charge in [0.1, 0.15) is 6.54 Å². The van der Waals surface area contributed by atoms with Crippen LogP contribution in [0.1, 0.15) is 16.7 Å². The molecule has 134 valence electrons. The highest BCUT2D eigenvalue weighted by molar-refractivity contribution is 6.30. The minimum atomic E-state index is -4.52. The Morgan fingerprint density at radius 1 is 1.19 bits per heavy atom. The lowest BCUT2D eigenvalue weighted by Gasteiger charge is -2.23. The number of carbonyl (C=O) groups is 1. The second-order valence-electron chi connectivity index (χ2n) is 5.51. The number of rotatable bonds is 5. The first-order valence-electron chi connectivity index (χ1n) is 7.55. The smallest absolute Gasteiger partial charge is 0.326 e. The summed E-state index contributed by atoms with van der Waals surface area (Å²) < 4.78 is 38.5. The van der Waals surface area contributed by atoms with Gasteiger partial charge in [-0.2, -0.15) is 18.4 Å². The fourth-order valence-corrected chi connectivity index (χ4v) is 2.42. The largest absolute Gasteiger partial charge is 0.406 e. The molecular formula is C19H14ClF3N2O. The number of amides is 1. The molecule has 0 fully saturated rings. The van der Waals surface area contributed by atoms with Gasteiger partial charge in [0.2, 0.25) is 5.91 Å². The van der Waals surface area contributed by atoms with Gasteiger partial charge in [-0.1, -0.05) is 35.9 Å². The minimum Gasteiger partial charge on any atom is -0.326 e. The summed E-state index contributed by atoms with van der Waals surface area (Å²) in [5, 5.41) is 9.23. The first-order valence-corrected chi connectivity index (χ1v) is 7.93. The molecule has 1 amide bonds. The van der Waals surface area contributed by atoms with Crippen molar-refractivity contribution in [1.82, 2.24) is 4.90 Å². The summed E-state index contributed by atoms with van der Waals surface area (Å²) in [5.41, 5.74) is 1.50. The van der Waals surface area contributed by atoms with Gasteiger partial charge < -0.3 is 4.90 Å². The average Bonchev–Trinajstić information content (AvgIpc) is 2.58. The molecule has 0 heterocycles. The van der Waals surface area contributed by atoms with Crippen LogP contribution in [0.5, 0.6) is 0 Å². The van der Waals surface area contributed by atoms with Crippen molar-refractivity contribution in [3.63, 3.8) is 0 Å². The van der Waals surface area contributed by atoms with Crippen LogP contribution in [0.15, 0.2) is 54.6 Å². The van der Waals surface area contributed by atoms with Crippen molar-refractivity contribution < 1.29 is 18.0 Å². The van der Waals surface area contributed by atoms with Crippen molar-refractivity contribution in [3.05, 3.63) is 76.3 Å². The molecule has 7 heteroatoms. The van der Waals surface area contributed by atoms with E-state index in [-0.39, 0.29) is 6.54 Å². The maximum Gasteiger partial charge on any atom is 0.406 e. The summed E-state index contributed by atoms with van der Waals surface area (Å²) >= 11 is 5.84. The molecule has 0 spiro atoms. The van der Waals surface area contributed by atoms with Gasteiger partial charge in [0, 0.05) is 17.6 Å². The predicted molar refractivity (Wildman–Crippen MR) is 93.1 cm³/mol. The van der Waals surface area contributed by atoms with Crippen molar-refractivity contribution >= 4 is 23.6 Å². The third-order valence-electron chi connectivity index (χ3n) is 3.41. The van der Waals surface area contributed by atoms with Gasteiger partial charge >= 0.3 is 6.18 Å². The number of carbonyl (C=O) groups excluding carboxylic acids is 1. The quantitative estimate of drug-likeness (QED) is 0.700. The van der Waals surface area contributed by atoms with Crippen LogP contribution in [0.4, 0.5) is 13.2 Å². The van der Waals surface area contributed by atoms with E-state index in [1.54, 1.807) is 24.3 Å². The van der Waals surface area contributed by atoms with Crippen LogP contribution < -0.4 is 0 Å². The van der Waals surface area contributed by atoms with E-state index < -0.39 is 18.6 Å². The summed E-state index contributed by atoms with van der Waals surface area (Å²) in [5.74, 6) is -0.772. The number of benzene rings is 2. The summed E-state index contributed by atoms with van der Waals surface area (Å²) in [6.07, 6.45) is -2.02. The van der Waals surface area contributed by atoms with Gasteiger partial charge in [-0.15, -0.1) is 0 Å². The highest BCUT2D eigenvalue weighted by Crippen LogP contribution is 2.19. The molecule has 0 aliphatic heterocycles. The third kappa shape index (κ3) is 6.26. The number of hydrogen-bond donors (Lipinski definition) is 0. The second kappa shape index (κ2) is 8.54. The third-order valence-corrected chi connectivity index (χ3v) is 3.64. The molecule has 2 aromatic rings. The molecule has 0 radical (unpaired) electrons. The molecule has 2 aromatic carbocycles. The molecule has 2 rings (SSSR count). The van der Waals surface area contributed by atoms with Crippen LogP contribution >= 0.6 is 11.6 Å². The van der Waals surface area contributed by atoms with E-state index in [0.29, 0.717) is 26.6 Å². The van der Waals surface area contributed by atoms with Gasteiger partial charge in [-0.05, 0) is 41.5 Å². The number of alkyl halides is 3. The lowest BCUT2D eigenvalue weighted by atomic mass is 10.1. The summed E-state index contributed by atoms with van der Waals surface area (Å²) in [4.78, 5) is 13.0. The number of hydrogen-bond acceptors (Lipinski definition) is 2. The number of nitrogens with zero attached hydrogens (tertiary/aromatic N) is 2. The molecule has 0 saturated carbocycles. The van der Waals surface area contributed by atoms with Gasteiger partial charge in [-0.3, -0.25) is 4.79 Å². The number of nitriles is 1. The normalized spacial score (nSPS) is 11.3. The Morgan fingerprint density at radius 3 is 2.46 bits per heavy atom. The molecule has 26 heavy (non-hydrogen) atoms. The fraction of sp³-hybridized carbons (Fsp3) is 0.158. The monoisotopic (exact) mass is 378 g/mol. The fourth-order valence-electron chi connectivity index (χ4n) is 2.22. The SMILES string of the molecule is N#Cc1ccc(CN(CC(F)(F)F)C(=O)/C=C/c2cccc(Cl)c2)cc1. The molecule has 0 aliphatic carbocycles. The van der Waals surface area contributed by atoms with Gasteiger partial charge in [0.05, 0.1) is 11.6 Å². The highest BCUT2D eigenvalue weighted by Gasteiger charge is 2.32. The highest BCUT2D eigenvalue weighted by atomic mass is 35.5. The lowest BCUT2D eigenvalue weighted by molar-refractivity contribution is -0.159. The Balaban J connectivity index is 2.17. The molecule has 0 saturated heterocycles. The summed E-state index contributed by atoms with van der Waals surface area (Å²) in [6.45, 7) is -1.59. The van der Waals surface area contributed by atoms with Crippen LogP contribution in [0.3, 0.4) is 0 Å². The van der Waals surface area contributed by atoms with Crippen LogP contribution in [0.2, 0.25) is 5.02 Å². The van der Waals surface area contributed by atoms with E-state index in [1.807, 2.05) is 6.07 Å². The van der Waals surface area contributed by atoms with Crippen molar-refractivity contribution in [2.45, 2.75) is 12.7 Å². The maximum atomic E-state index is 12.8. The molecule has 0 atom stereocenters. The Hall–Kier alpha value is -2.78. The van der Waals surface area contributed by atoms with Crippen LogP contribution in [-0.2, 0) is 11.3 Å². The molecule has 0 aliphatic rings. The first kappa shape index (κ1) is 19.5. The summed E-state index contributed by atoms with van der Waals surface area (Å²) in [7, 11) is 0. The zero-order chi connectivity index (χ0) is 19.2. The van der Waals surface area contributed by atoms with Gasteiger partial charge in [-0.25, -0.2) is 0 Å². The van der Waals surface area contributed by atoms with E-state index >= 15 is 0 Å². The number of halogens is 4. The molecule has 0 aromatic heterocycles. The van der Waals surface area contributed by atoms with Crippen molar-refractivity contribution in [3.8, 4) is 6.07 Å². The van der Waals surface area contributed by atoms with Crippen molar-refractivity contribution in [2.24, 2.45) is 0 Å². The topological polar surface area (TPSA) is 44.1 Å². The van der Waals surface area contributed by atoms with E-state index in [0.717, 1.165) is 6.08 Å². The maximum absolute atomic E-state index is 12.8. The lowest BCUT2D eigenvalue weighted by Crippen LogP contribution is -2.37. The van der Waals surface area contributed by atoms with E-state index in [9.17, 15) is 18.0 Å². The Labute approximate surface area is 153 Å². The molecular weight excluding hydrogens is 365 g/mol. The van der Waals surface area contributed by atoms with Crippen molar-refractivity contribution in [1.29, 1.82) is 5.26 Å². The van der Waals surface area contributed by atoms with Crippen LogP contribution in [0.25, 0.3) is 6.08 Å². The summed E-state index contributed by atoms with van der Waals surface area (Å²) in [6, 6.07) is 14.6. The zero-order valence-electron chi connectivity index (χ0n) is 13.5. The van der Waals surface area contributed by atoms with Gasteiger partial charge in [0.15, 0.2) is 0 Å². The molecule has 0 unspecified atom stereocenters. The van der Waals surface area contributed by atoms with Gasteiger partial charge in [0.25, 0.3) is 0 Å². The Kier molecular flexibility index (Phi) is 6.42. The van der Waals surface area contributed by atoms with E-state index in [4.69, 9.17) is 16.9 Å². The Bertz CT molecular complexity index is 839.